The van der Waals surface area contributed by atoms with E-state index in [-0.39, 0.29) is 36.6 Å². The second kappa shape index (κ2) is 11.9. The zero-order chi connectivity index (χ0) is 19.6. The zero-order valence-corrected chi connectivity index (χ0v) is 18.5. The second-order valence-electron chi connectivity index (χ2n) is 6.12. The molecular weight excluding hydrogens is 481 g/mol. The number of halogens is 1. The fraction of sp³-hybridized carbons (Fsp3) is 0.182. The van der Waals surface area contributed by atoms with Crippen molar-refractivity contribution in [1.29, 1.82) is 0 Å². The van der Waals surface area contributed by atoms with Crippen LogP contribution in [0, 0.1) is 0 Å². The van der Waals surface area contributed by atoms with Gasteiger partial charge in [-0.3, -0.25) is 4.99 Å². The minimum atomic E-state index is -0.342. The number of aliphatic imine (C=N–C) groups is 1. The number of benzene rings is 2. The Hall–Kier alpha value is -2.81. The first-order valence-electron chi connectivity index (χ1n) is 9.01. The SMILES string of the molecule is CN=C(NCc1cccc(C(=O)OCc2ccccc2)c1)NCc1ccco1.I. The largest absolute Gasteiger partial charge is 0.467 e. The lowest BCUT2D eigenvalue weighted by molar-refractivity contribution is 0.0472. The van der Waals surface area contributed by atoms with Crippen molar-refractivity contribution < 1.29 is 13.9 Å². The summed E-state index contributed by atoms with van der Waals surface area (Å²) < 4.78 is 10.7. The number of furan rings is 1. The van der Waals surface area contributed by atoms with E-state index in [4.69, 9.17) is 9.15 Å². The van der Waals surface area contributed by atoms with E-state index in [0.29, 0.717) is 24.6 Å². The van der Waals surface area contributed by atoms with Crippen LogP contribution in [0.1, 0.15) is 27.2 Å². The normalized spacial score (nSPS) is 10.7. The smallest absolute Gasteiger partial charge is 0.338 e. The highest BCUT2D eigenvalue weighted by Gasteiger charge is 2.08. The van der Waals surface area contributed by atoms with Gasteiger partial charge in [0.15, 0.2) is 5.96 Å². The Morgan fingerprint density at radius 1 is 0.966 bits per heavy atom. The molecule has 6 nitrogen and oxygen atoms in total. The Kier molecular flexibility index (Phi) is 9.23. The third-order valence-electron chi connectivity index (χ3n) is 4.07. The van der Waals surface area contributed by atoms with Gasteiger partial charge in [-0.05, 0) is 35.4 Å². The lowest BCUT2D eigenvalue weighted by Gasteiger charge is -2.12. The quantitative estimate of drug-likeness (QED) is 0.219. The van der Waals surface area contributed by atoms with E-state index in [1.165, 1.54) is 0 Å². The first-order valence-corrected chi connectivity index (χ1v) is 9.01. The van der Waals surface area contributed by atoms with E-state index >= 15 is 0 Å². The monoisotopic (exact) mass is 505 g/mol. The summed E-state index contributed by atoms with van der Waals surface area (Å²) in [4.78, 5) is 16.5. The molecule has 0 spiro atoms. The summed E-state index contributed by atoms with van der Waals surface area (Å²) in [6.45, 7) is 1.32. The molecule has 0 aliphatic carbocycles. The van der Waals surface area contributed by atoms with Crippen molar-refractivity contribution in [2.45, 2.75) is 19.7 Å². The number of ether oxygens (including phenoxy) is 1. The highest BCUT2D eigenvalue weighted by atomic mass is 127. The maximum Gasteiger partial charge on any atom is 0.338 e. The molecule has 0 radical (unpaired) electrons. The number of hydrogen-bond acceptors (Lipinski definition) is 4. The van der Waals surface area contributed by atoms with Gasteiger partial charge in [-0.1, -0.05) is 42.5 Å². The number of carbonyl (C=O) groups is 1. The molecule has 152 valence electrons. The third-order valence-corrected chi connectivity index (χ3v) is 4.07. The Morgan fingerprint density at radius 2 is 1.72 bits per heavy atom. The molecule has 3 aromatic rings. The second-order valence-corrected chi connectivity index (χ2v) is 6.12. The van der Waals surface area contributed by atoms with Gasteiger partial charge in [-0.25, -0.2) is 4.79 Å². The van der Waals surface area contributed by atoms with Crippen LogP contribution in [0.4, 0.5) is 0 Å². The van der Waals surface area contributed by atoms with Crippen LogP contribution in [0.25, 0.3) is 0 Å². The van der Waals surface area contributed by atoms with E-state index < -0.39 is 0 Å². The van der Waals surface area contributed by atoms with E-state index in [2.05, 4.69) is 15.6 Å². The molecule has 0 atom stereocenters. The molecule has 2 N–H and O–H groups in total. The van der Waals surface area contributed by atoms with Crippen LogP contribution in [0.15, 0.2) is 82.4 Å². The molecule has 29 heavy (non-hydrogen) atoms. The molecule has 0 saturated carbocycles. The summed E-state index contributed by atoms with van der Waals surface area (Å²) in [6.07, 6.45) is 1.63. The minimum absolute atomic E-state index is 0. The van der Waals surface area contributed by atoms with Crippen LogP contribution in [-0.2, 0) is 24.4 Å². The van der Waals surface area contributed by atoms with Crippen molar-refractivity contribution >= 4 is 35.9 Å². The molecule has 0 aliphatic heterocycles. The molecule has 1 aromatic heterocycles. The molecule has 2 aromatic carbocycles. The van der Waals surface area contributed by atoms with E-state index in [1.807, 2.05) is 60.7 Å². The van der Waals surface area contributed by atoms with Gasteiger partial charge in [0.1, 0.15) is 12.4 Å². The number of guanidine groups is 1. The average molecular weight is 505 g/mol. The van der Waals surface area contributed by atoms with Gasteiger partial charge in [0.25, 0.3) is 0 Å². The maximum atomic E-state index is 12.3. The fourth-order valence-electron chi connectivity index (χ4n) is 2.61. The first-order chi connectivity index (χ1) is 13.7. The van der Waals surface area contributed by atoms with Crippen molar-refractivity contribution in [3.05, 3.63) is 95.4 Å². The highest BCUT2D eigenvalue weighted by Crippen LogP contribution is 2.09. The standard InChI is InChI=1S/C22H23N3O3.HI/c1-23-22(25-15-20-11-6-12-27-20)24-14-18-9-5-10-19(13-18)21(26)28-16-17-7-3-2-4-8-17;/h2-13H,14-16H2,1H3,(H2,23,24,25);1H. The zero-order valence-electron chi connectivity index (χ0n) is 16.1. The van der Waals surface area contributed by atoms with E-state index in [1.54, 1.807) is 19.4 Å². The number of hydrogen-bond donors (Lipinski definition) is 2. The summed E-state index contributed by atoms with van der Waals surface area (Å²) in [5.41, 5.74) is 2.43. The van der Waals surface area contributed by atoms with Crippen LogP contribution in [-0.4, -0.2) is 19.0 Å². The topological polar surface area (TPSA) is 75.9 Å². The summed E-state index contributed by atoms with van der Waals surface area (Å²) in [7, 11) is 1.70. The highest BCUT2D eigenvalue weighted by molar-refractivity contribution is 14.0. The third kappa shape index (κ3) is 7.26. The molecule has 0 aliphatic rings. The number of nitrogens with one attached hydrogen (secondary N) is 2. The molecule has 0 amide bonds. The molecule has 0 bridgehead atoms. The summed E-state index contributed by atoms with van der Waals surface area (Å²) in [5, 5.41) is 6.39. The molecule has 0 unspecified atom stereocenters. The number of rotatable bonds is 7. The average Bonchev–Trinajstić information content (AvgIpc) is 3.27. The Labute approximate surface area is 187 Å². The summed E-state index contributed by atoms with van der Waals surface area (Å²) in [6, 6.07) is 20.7. The molecule has 1 heterocycles. The van der Waals surface area contributed by atoms with Crippen molar-refractivity contribution in [3.8, 4) is 0 Å². The van der Waals surface area contributed by atoms with Crippen LogP contribution in [0.3, 0.4) is 0 Å². The predicted molar refractivity (Wildman–Crippen MR) is 123 cm³/mol. The summed E-state index contributed by atoms with van der Waals surface area (Å²) >= 11 is 0. The van der Waals surface area contributed by atoms with Crippen molar-refractivity contribution in [2.24, 2.45) is 4.99 Å². The Balaban J connectivity index is 0.00000300. The molecule has 3 rings (SSSR count). The van der Waals surface area contributed by atoms with Crippen LogP contribution < -0.4 is 10.6 Å². The van der Waals surface area contributed by atoms with Crippen molar-refractivity contribution in [2.75, 3.05) is 7.05 Å². The number of carbonyl (C=O) groups excluding carboxylic acids is 1. The van der Waals surface area contributed by atoms with Gasteiger partial charge in [0.2, 0.25) is 0 Å². The van der Waals surface area contributed by atoms with Gasteiger partial charge < -0.3 is 19.8 Å². The lowest BCUT2D eigenvalue weighted by Crippen LogP contribution is -2.36. The molecule has 0 saturated heterocycles. The van der Waals surface area contributed by atoms with Gasteiger partial charge in [-0.15, -0.1) is 24.0 Å². The minimum Gasteiger partial charge on any atom is -0.467 e. The van der Waals surface area contributed by atoms with Crippen LogP contribution in [0.5, 0.6) is 0 Å². The van der Waals surface area contributed by atoms with Crippen molar-refractivity contribution in [1.82, 2.24) is 10.6 Å². The lowest BCUT2D eigenvalue weighted by atomic mass is 10.1. The van der Waals surface area contributed by atoms with Gasteiger partial charge in [0, 0.05) is 13.6 Å². The van der Waals surface area contributed by atoms with E-state index in [9.17, 15) is 4.79 Å². The Morgan fingerprint density at radius 3 is 2.45 bits per heavy atom. The first kappa shape index (κ1) is 22.5. The Bertz CT molecular complexity index is 912. The molecule has 7 heteroatoms. The number of esters is 1. The van der Waals surface area contributed by atoms with Gasteiger partial charge in [-0.2, -0.15) is 0 Å². The van der Waals surface area contributed by atoms with Crippen LogP contribution in [0.2, 0.25) is 0 Å². The predicted octanol–water partition coefficient (Wildman–Crippen LogP) is 4.12. The fourth-order valence-corrected chi connectivity index (χ4v) is 2.61. The van der Waals surface area contributed by atoms with E-state index in [0.717, 1.165) is 16.9 Å². The molecular formula is C22H24IN3O3. The molecule has 0 fully saturated rings. The summed E-state index contributed by atoms with van der Waals surface area (Å²) in [5.74, 6) is 1.13. The van der Waals surface area contributed by atoms with Crippen LogP contribution >= 0.6 is 24.0 Å². The van der Waals surface area contributed by atoms with Gasteiger partial charge in [0.05, 0.1) is 18.4 Å². The number of nitrogens with zero attached hydrogens (tertiary/aromatic N) is 1. The van der Waals surface area contributed by atoms with Crippen molar-refractivity contribution in [3.63, 3.8) is 0 Å². The van der Waals surface area contributed by atoms with Gasteiger partial charge >= 0.3 is 5.97 Å². The maximum absolute atomic E-state index is 12.3.